The fourth-order valence-electron chi connectivity index (χ4n) is 4.19. The summed E-state index contributed by atoms with van der Waals surface area (Å²) >= 11 is 0. The Morgan fingerprint density at radius 3 is 1.53 bits per heavy atom. The first-order chi connectivity index (χ1) is 16.1. The average molecular weight is 509 g/mol. The Balaban J connectivity index is 1.81. The zero-order chi connectivity index (χ0) is 25.3. The summed E-state index contributed by atoms with van der Waals surface area (Å²) < 4.78 is 99.5. The maximum Gasteiger partial charge on any atom is 0.459 e. The number of halogens is 7. The molecule has 0 aromatic heterocycles. The molecule has 204 valence electrons. The fourth-order valence-corrected chi connectivity index (χ4v) is 4.19. The first-order valence-corrected chi connectivity index (χ1v) is 13.1. The minimum absolute atomic E-state index is 0.239. The predicted octanol–water partition coefficient (Wildman–Crippen LogP) is 9.26. The molecule has 9 heteroatoms. The summed E-state index contributed by atoms with van der Waals surface area (Å²) in [5.74, 6) is -11.0. The van der Waals surface area contributed by atoms with Crippen molar-refractivity contribution >= 4 is 0 Å². The van der Waals surface area contributed by atoms with Crippen molar-refractivity contribution in [2.45, 2.75) is 140 Å². The van der Waals surface area contributed by atoms with Gasteiger partial charge in [0.15, 0.2) is 0 Å². The van der Waals surface area contributed by atoms with Gasteiger partial charge in [-0.15, -0.1) is 0 Å². The maximum atomic E-state index is 13.2. The molecule has 0 N–H and O–H groups in total. The highest BCUT2D eigenvalue weighted by atomic mass is 19.4. The summed E-state index contributed by atoms with van der Waals surface area (Å²) in [4.78, 5) is 0. The molecule has 0 aliphatic carbocycles. The van der Waals surface area contributed by atoms with Crippen molar-refractivity contribution in [3.63, 3.8) is 0 Å². The molecular weight excluding hydrogens is 465 g/mol. The summed E-state index contributed by atoms with van der Waals surface area (Å²) in [5, 5.41) is 0. The Morgan fingerprint density at radius 1 is 0.618 bits per heavy atom. The lowest BCUT2D eigenvalue weighted by atomic mass is 10.0. The van der Waals surface area contributed by atoms with Crippen LogP contribution in [0.3, 0.4) is 0 Å². The van der Waals surface area contributed by atoms with Crippen LogP contribution < -0.4 is 0 Å². The second-order valence-electron chi connectivity index (χ2n) is 9.54. The van der Waals surface area contributed by atoms with Crippen molar-refractivity contribution in [1.29, 1.82) is 0 Å². The van der Waals surface area contributed by atoms with Crippen LogP contribution in [0.2, 0.25) is 0 Å². The van der Waals surface area contributed by atoms with Gasteiger partial charge in [0.1, 0.15) is 0 Å². The smallest absolute Gasteiger partial charge is 0.379 e. The molecule has 1 atom stereocenters. The molecule has 2 nitrogen and oxygen atoms in total. The number of hydrogen-bond acceptors (Lipinski definition) is 2. The lowest BCUT2D eigenvalue weighted by Gasteiger charge is -2.28. The molecule has 0 spiro atoms. The van der Waals surface area contributed by atoms with Crippen LogP contribution in [0.15, 0.2) is 0 Å². The van der Waals surface area contributed by atoms with Gasteiger partial charge in [-0.05, 0) is 32.1 Å². The average Bonchev–Trinajstić information content (AvgIpc) is 2.78. The van der Waals surface area contributed by atoms with Gasteiger partial charge in [0.25, 0.3) is 0 Å². The summed E-state index contributed by atoms with van der Waals surface area (Å²) in [7, 11) is 0. The number of rotatable bonds is 20. The molecule has 34 heavy (non-hydrogen) atoms. The van der Waals surface area contributed by atoms with Crippen LogP contribution in [-0.4, -0.2) is 43.9 Å². The highest BCUT2D eigenvalue weighted by Crippen LogP contribution is 2.48. The quantitative estimate of drug-likeness (QED) is 0.121. The van der Waals surface area contributed by atoms with Gasteiger partial charge in [-0.1, -0.05) is 77.0 Å². The van der Waals surface area contributed by atoms with Gasteiger partial charge in [-0.3, -0.25) is 0 Å². The predicted molar refractivity (Wildman–Crippen MR) is 120 cm³/mol. The second kappa shape index (κ2) is 17.0. The van der Waals surface area contributed by atoms with Gasteiger partial charge < -0.3 is 9.47 Å². The van der Waals surface area contributed by atoms with Crippen LogP contribution in [0, 0.1) is 0 Å². The Hall–Kier alpha value is -0.570. The number of hydrogen-bond donors (Lipinski definition) is 0. The van der Waals surface area contributed by atoms with Crippen molar-refractivity contribution < 1.29 is 40.2 Å². The van der Waals surface area contributed by atoms with Gasteiger partial charge in [-0.2, -0.15) is 30.7 Å². The first kappa shape index (κ1) is 31.5. The fraction of sp³-hybridized carbons (Fsp3) is 1.00. The van der Waals surface area contributed by atoms with Crippen LogP contribution in [-0.2, 0) is 9.47 Å². The third-order valence-corrected chi connectivity index (χ3v) is 6.42. The normalized spacial score (nSPS) is 17.9. The van der Waals surface area contributed by atoms with E-state index in [1.54, 1.807) is 0 Å². The third-order valence-electron chi connectivity index (χ3n) is 6.42. The van der Waals surface area contributed by atoms with E-state index in [1.807, 2.05) is 0 Å². The molecule has 0 saturated carbocycles. The van der Waals surface area contributed by atoms with E-state index in [9.17, 15) is 30.7 Å². The van der Waals surface area contributed by atoms with Crippen LogP contribution in [0.4, 0.5) is 30.7 Å². The van der Waals surface area contributed by atoms with Gasteiger partial charge in [-0.25, -0.2) is 0 Å². The second-order valence-corrected chi connectivity index (χ2v) is 9.54. The Labute approximate surface area is 200 Å². The van der Waals surface area contributed by atoms with Crippen LogP contribution in [0.25, 0.3) is 0 Å². The lowest BCUT2D eigenvalue weighted by molar-refractivity contribution is -0.355. The standard InChI is InChI=1S/C25H43F7O2/c26-23(27,24(28,29)25(30,31)32)18-14-11-9-7-5-3-1-2-4-6-8-10-12-15-19-33-21-22-17-13-16-20-34-22/h22H,1-21H2. The van der Waals surface area contributed by atoms with Gasteiger partial charge in [0.05, 0.1) is 12.7 Å². The van der Waals surface area contributed by atoms with Gasteiger partial charge in [0.2, 0.25) is 0 Å². The summed E-state index contributed by atoms with van der Waals surface area (Å²) in [6.07, 6.45) is 8.75. The Morgan fingerprint density at radius 2 is 1.09 bits per heavy atom. The largest absolute Gasteiger partial charge is 0.459 e. The minimum Gasteiger partial charge on any atom is -0.379 e. The molecule has 1 unspecified atom stereocenters. The lowest BCUT2D eigenvalue weighted by Crippen LogP contribution is -2.51. The molecule has 1 saturated heterocycles. The number of ether oxygens (including phenoxy) is 2. The van der Waals surface area contributed by atoms with E-state index < -0.39 is 24.4 Å². The number of unbranched alkanes of at least 4 members (excludes halogenated alkanes) is 13. The van der Waals surface area contributed by atoms with E-state index in [1.165, 1.54) is 38.5 Å². The molecule has 1 fully saturated rings. The molecule has 0 amide bonds. The van der Waals surface area contributed by atoms with E-state index in [0.29, 0.717) is 6.42 Å². The van der Waals surface area contributed by atoms with Gasteiger partial charge >= 0.3 is 18.0 Å². The summed E-state index contributed by atoms with van der Waals surface area (Å²) in [6, 6.07) is 0. The molecule has 0 radical (unpaired) electrons. The monoisotopic (exact) mass is 508 g/mol. The molecule has 0 aromatic rings. The minimum atomic E-state index is -6.23. The van der Waals surface area contributed by atoms with Crippen molar-refractivity contribution in [2.75, 3.05) is 19.8 Å². The zero-order valence-corrected chi connectivity index (χ0v) is 20.4. The Kier molecular flexibility index (Phi) is 15.7. The summed E-state index contributed by atoms with van der Waals surface area (Å²) in [6.45, 7) is 2.39. The highest BCUT2D eigenvalue weighted by Gasteiger charge is 2.72. The van der Waals surface area contributed by atoms with Crippen LogP contribution in [0.1, 0.15) is 116 Å². The highest BCUT2D eigenvalue weighted by molar-refractivity contribution is 4.90. The van der Waals surface area contributed by atoms with E-state index in [2.05, 4.69) is 0 Å². The molecule has 1 rings (SSSR count). The van der Waals surface area contributed by atoms with E-state index >= 15 is 0 Å². The van der Waals surface area contributed by atoms with Crippen molar-refractivity contribution in [3.05, 3.63) is 0 Å². The number of alkyl halides is 7. The molecule has 1 heterocycles. The third kappa shape index (κ3) is 12.9. The topological polar surface area (TPSA) is 18.5 Å². The molecule has 1 aliphatic heterocycles. The van der Waals surface area contributed by atoms with Crippen LogP contribution in [0.5, 0.6) is 0 Å². The SMILES string of the molecule is FC(F)(F)C(F)(F)C(F)(F)CCCCCCCCCCCCCCCCOCC1CCCCO1. The van der Waals surface area contributed by atoms with Crippen LogP contribution >= 0.6 is 0 Å². The van der Waals surface area contributed by atoms with Crippen molar-refractivity contribution in [3.8, 4) is 0 Å². The van der Waals surface area contributed by atoms with Crippen molar-refractivity contribution in [2.24, 2.45) is 0 Å². The van der Waals surface area contributed by atoms with Crippen molar-refractivity contribution in [1.82, 2.24) is 0 Å². The van der Waals surface area contributed by atoms with E-state index in [0.717, 1.165) is 71.2 Å². The van der Waals surface area contributed by atoms with E-state index in [4.69, 9.17) is 9.47 Å². The molecular formula is C25H43F7O2. The maximum absolute atomic E-state index is 13.2. The molecule has 0 bridgehead atoms. The Bertz CT molecular complexity index is 492. The van der Waals surface area contributed by atoms with E-state index in [-0.39, 0.29) is 18.9 Å². The zero-order valence-electron chi connectivity index (χ0n) is 20.4. The summed E-state index contributed by atoms with van der Waals surface area (Å²) in [5.41, 5.74) is 0. The first-order valence-electron chi connectivity index (χ1n) is 13.1. The molecule has 1 aliphatic rings. The molecule has 0 aromatic carbocycles. The van der Waals surface area contributed by atoms with Gasteiger partial charge in [0, 0.05) is 19.6 Å².